The molecule has 0 aliphatic carbocycles. The predicted molar refractivity (Wildman–Crippen MR) is 67.8 cm³/mol. The molecule has 2 N–H and O–H groups in total. The minimum atomic E-state index is -1.20. The van der Waals surface area contributed by atoms with Crippen LogP contribution in [0.15, 0.2) is 42.5 Å². The number of carbonyl (C=O) groups is 1. The number of carboxylic acid groups (broad SMARTS) is 1. The summed E-state index contributed by atoms with van der Waals surface area (Å²) in [6.45, 7) is 0. The van der Waals surface area contributed by atoms with Gasteiger partial charge in [0.15, 0.2) is 0 Å². The molecule has 0 spiro atoms. The summed E-state index contributed by atoms with van der Waals surface area (Å²) in [6.07, 6.45) is 0. The number of carboxylic acids is 1. The number of aromatic carboxylic acids is 1. The van der Waals surface area contributed by atoms with Gasteiger partial charge in [0, 0.05) is 11.4 Å². The van der Waals surface area contributed by atoms with Gasteiger partial charge >= 0.3 is 5.97 Å². The number of nitriles is 1. The Labute approximate surface area is 108 Å². The third kappa shape index (κ3) is 3.07. The summed E-state index contributed by atoms with van der Waals surface area (Å²) in [7, 11) is 0. The van der Waals surface area contributed by atoms with Gasteiger partial charge in [0.2, 0.25) is 0 Å². The van der Waals surface area contributed by atoms with E-state index in [4.69, 9.17) is 10.4 Å². The van der Waals surface area contributed by atoms with Crippen molar-refractivity contribution < 1.29 is 14.3 Å². The number of nitrogens with zero attached hydrogens (tertiary/aromatic N) is 1. The van der Waals surface area contributed by atoms with Crippen molar-refractivity contribution in [2.24, 2.45) is 0 Å². The van der Waals surface area contributed by atoms with E-state index in [1.54, 1.807) is 24.3 Å². The molecule has 5 heteroatoms. The molecular weight excluding hydrogens is 247 g/mol. The standard InChI is InChI=1S/C14H9FN2O2/c15-11-5-10(14(18)19)6-13(7-11)17-12-3-1-2-9(4-12)8-16/h1-7,17H,(H,18,19). The Kier molecular flexibility index (Phi) is 3.44. The zero-order chi connectivity index (χ0) is 13.8. The van der Waals surface area contributed by atoms with E-state index in [-0.39, 0.29) is 5.56 Å². The van der Waals surface area contributed by atoms with E-state index >= 15 is 0 Å². The number of rotatable bonds is 3. The molecule has 0 amide bonds. The molecule has 0 radical (unpaired) electrons. The number of anilines is 2. The largest absolute Gasteiger partial charge is 0.478 e. The molecule has 0 saturated carbocycles. The Bertz CT molecular complexity index is 677. The highest BCUT2D eigenvalue weighted by atomic mass is 19.1. The van der Waals surface area contributed by atoms with E-state index in [0.717, 1.165) is 6.07 Å². The van der Waals surface area contributed by atoms with E-state index in [2.05, 4.69) is 5.32 Å². The molecule has 0 heterocycles. The van der Waals surface area contributed by atoms with Gasteiger partial charge in [0.1, 0.15) is 5.82 Å². The van der Waals surface area contributed by atoms with Crippen LogP contribution in [-0.2, 0) is 0 Å². The van der Waals surface area contributed by atoms with E-state index in [1.165, 1.54) is 12.1 Å². The lowest BCUT2D eigenvalue weighted by Gasteiger charge is -2.07. The monoisotopic (exact) mass is 256 g/mol. The third-order valence-corrected chi connectivity index (χ3v) is 2.43. The van der Waals surface area contributed by atoms with Crippen molar-refractivity contribution in [3.63, 3.8) is 0 Å². The van der Waals surface area contributed by atoms with Crippen LogP contribution in [0, 0.1) is 17.1 Å². The SMILES string of the molecule is N#Cc1cccc(Nc2cc(F)cc(C(=O)O)c2)c1. The zero-order valence-corrected chi connectivity index (χ0v) is 9.72. The summed E-state index contributed by atoms with van der Waals surface area (Å²) in [5.41, 5.74) is 1.22. The van der Waals surface area contributed by atoms with Crippen molar-refractivity contribution in [1.82, 2.24) is 0 Å². The van der Waals surface area contributed by atoms with Gasteiger partial charge in [-0.15, -0.1) is 0 Å². The topological polar surface area (TPSA) is 73.1 Å². The molecule has 94 valence electrons. The van der Waals surface area contributed by atoms with E-state index < -0.39 is 11.8 Å². The Morgan fingerprint density at radius 2 is 2.00 bits per heavy atom. The van der Waals surface area contributed by atoms with Crippen molar-refractivity contribution in [2.45, 2.75) is 0 Å². The molecule has 4 nitrogen and oxygen atoms in total. The quantitative estimate of drug-likeness (QED) is 0.884. The first-order valence-electron chi connectivity index (χ1n) is 5.39. The highest BCUT2D eigenvalue weighted by molar-refractivity contribution is 5.89. The molecule has 0 aliphatic rings. The van der Waals surface area contributed by atoms with Crippen LogP contribution in [-0.4, -0.2) is 11.1 Å². The van der Waals surface area contributed by atoms with Crippen LogP contribution in [0.1, 0.15) is 15.9 Å². The summed E-state index contributed by atoms with van der Waals surface area (Å²) in [5.74, 6) is -1.84. The number of nitrogens with one attached hydrogen (secondary N) is 1. The van der Waals surface area contributed by atoms with Crippen molar-refractivity contribution in [3.05, 3.63) is 59.4 Å². The van der Waals surface area contributed by atoms with Gasteiger partial charge in [-0.05, 0) is 36.4 Å². The normalized spacial score (nSPS) is 9.68. The van der Waals surface area contributed by atoms with Crippen LogP contribution in [0.5, 0.6) is 0 Å². The number of halogens is 1. The summed E-state index contributed by atoms with van der Waals surface area (Å²) in [6, 6.07) is 12.0. The van der Waals surface area contributed by atoms with Crippen LogP contribution in [0.25, 0.3) is 0 Å². The Morgan fingerprint density at radius 3 is 2.68 bits per heavy atom. The number of hydrogen-bond donors (Lipinski definition) is 2. The molecule has 2 aromatic rings. The van der Waals surface area contributed by atoms with Crippen LogP contribution in [0.4, 0.5) is 15.8 Å². The fourth-order valence-corrected chi connectivity index (χ4v) is 1.62. The van der Waals surface area contributed by atoms with Crippen LogP contribution in [0.3, 0.4) is 0 Å². The average molecular weight is 256 g/mol. The highest BCUT2D eigenvalue weighted by Crippen LogP contribution is 2.20. The van der Waals surface area contributed by atoms with Gasteiger partial charge in [-0.1, -0.05) is 6.07 Å². The Morgan fingerprint density at radius 1 is 1.21 bits per heavy atom. The van der Waals surface area contributed by atoms with Gasteiger partial charge < -0.3 is 10.4 Å². The minimum Gasteiger partial charge on any atom is -0.478 e. The molecular formula is C14H9FN2O2. The average Bonchev–Trinajstić information content (AvgIpc) is 2.38. The van der Waals surface area contributed by atoms with Crippen LogP contribution < -0.4 is 5.32 Å². The smallest absolute Gasteiger partial charge is 0.335 e. The molecule has 0 aliphatic heterocycles. The van der Waals surface area contributed by atoms with Gasteiger partial charge in [0.25, 0.3) is 0 Å². The summed E-state index contributed by atoms with van der Waals surface area (Å²) < 4.78 is 13.3. The Balaban J connectivity index is 2.33. The van der Waals surface area contributed by atoms with Crippen LogP contribution in [0.2, 0.25) is 0 Å². The van der Waals surface area contributed by atoms with Crippen molar-refractivity contribution >= 4 is 17.3 Å². The first-order valence-corrected chi connectivity index (χ1v) is 5.39. The van der Waals surface area contributed by atoms with Crippen molar-refractivity contribution in [2.75, 3.05) is 5.32 Å². The zero-order valence-electron chi connectivity index (χ0n) is 9.72. The van der Waals surface area contributed by atoms with E-state index in [0.29, 0.717) is 16.9 Å². The van der Waals surface area contributed by atoms with E-state index in [9.17, 15) is 9.18 Å². The lowest BCUT2D eigenvalue weighted by molar-refractivity contribution is 0.0696. The predicted octanol–water partition coefficient (Wildman–Crippen LogP) is 3.14. The van der Waals surface area contributed by atoms with Gasteiger partial charge in [-0.25, -0.2) is 9.18 Å². The highest BCUT2D eigenvalue weighted by Gasteiger charge is 2.07. The molecule has 0 aromatic heterocycles. The number of benzene rings is 2. The molecule has 0 atom stereocenters. The molecule has 2 aromatic carbocycles. The summed E-state index contributed by atoms with van der Waals surface area (Å²) in [4.78, 5) is 10.8. The second-order valence-electron chi connectivity index (χ2n) is 3.85. The van der Waals surface area contributed by atoms with Crippen molar-refractivity contribution in [1.29, 1.82) is 5.26 Å². The molecule has 0 bridgehead atoms. The molecule has 0 fully saturated rings. The minimum absolute atomic E-state index is 0.140. The van der Waals surface area contributed by atoms with Gasteiger partial charge in [-0.2, -0.15) is 5.26 Å². The first kappa shape index (κ1) is 12.6. The Hall–Kier alpha value is -2.87. The third-order valence-electron chi connectivity index (χ3n) is 2.43. The molecule has 19 heavy (non-hydrogen) atoms. The molecule has 0 unspecified atom stereocenters. The fourth-order valence-electron chi connectivity index (χ4n) is 1.62. The van der Waals surface area contributed by atoms with Gasteiger partial charge in [-0.3, -0.25) is 0 Å². The molecule has 2 rings (SSSR count). The van der Waals surface area contributed by atoms with Crippen molar-refractivity contribution in [3.8, 4) is 6.07 Å². The second kappa shape index (κ2) is 5.19. The molecule has 0 saturated heterocycles. The lowest BCUT2D eigenvalue weighted by atomic mass is 10.1. The first-order chi connectivity index (χ1) is 9.08. The maximum Gasteiger partial charge on any atom is 0.335 e. The summed E-state index contributed by atoms with van der Waals surface area (Å²) in [5, 5.41) is 20.5. The maximum atomic E-state index is 13.3. The fraction of sp³-hybridized carbons (Fsp3) is 0. The second-order valence-corrected chi connectivity index (χ2v) is 3.85. The maximum absolute atomic E-state index is 13.3. The summed E-state index contributed by atoms with van der Waals surface area (Å²) >= 11 is 0. The van der Waals surface area contributed by atoms with E-state index in [1.807, 2.05) is 6.07 Å². The number of hydrogen-bond acceptors (Lipinski definition) is 3. The van der Waals surface area contributed by atoms with Crippen LogP contribution >= 0.6 is 0 Å². The van der Waals surface area contributed by atoms with Gasteiger partial charge in [0.05, 0.1) is 17.2 Å². The lowest BCUT2D eigenvalue weighted by Crippen LogP contribution is -1.99.